The van der Waals surface area contributed by atoms with Gasteiger partial charge in [0.15, 0.2) is 0 Å². The van der Waals surface area contributed by atoms with Crippen LogP contribution in [-0.4, -0.2) is 15.1 Å². The molecule has 4 nitrogen and oxygen atoms in total. The van der Waals surface area contributed by atoms with Crippen molar-refractivity contribution in [1.82, 2.24) is 9.97 Å². The summed E-state index contributed by atoms with van der Waals surface area (Å²) in [5.74, 6) is 0.434. The zero-order chi connectivity index (χ0) is 21.4. The molecular weight excluding hydrogens is 464 g/mol. The smallest absolute Gasteiger partial charge is 0.147 e. The molecule has 0 aliphatic heterocycles. The Morgan fingerprint density at radius 3 is 2.50 bits per heavy atom. The van der Waals surface area contributed by atoms with Gasteiger partial charge in [0.1, 0.15) is 17.1 Å². The van der Waals surface area contributed by atoms with E-state index in [1.54, 1.807) is 31.3 Å². The molecule has 2 aromatic carbocycles. The monoisotopic (exact) mass is 477 g/mol. The largest absolute Gasteiger partial charge is 0.505 e. The minimum Gasteiger partial charge on any atom is -0.505 e. The lowest BCUT2D eigenvalue weighted by molar-refractivity contribution is 0.471. The molecule has 0 bridgehead atoms. The van der Waals surface area contributed by atoms with E-state index in [0.29, 0.717) is 48.2 Å². The number of rotatable bonds is 4. The Hall–Kier alpha value is -2.24. The number of phenolic OH excluding ortho intramolecular Hbond substituents is 1. The second-order valence-corrected chi connectivity index (χ2v) is 8.28. The molecule has 0 aliphatic carbocycles. The van der Waals surface area contributed by atoms with E-state index in [1.807, 2.05) is 30.3 Å². The number of nitrogens with one attached hydrogen (secondary N) is 1. The molecule has 0 fully saturated rings. The summed E-state index contributed by atoms with van der Waals surface area (Å²) < 4.78 is 0. The quantitative estimate of drug-likeness (QED) is 0.319. The normalized spacial score (nSPS) is 12.2. The minimum atomic E-state index is -0.604. The zero-order valence-corrected chi connectivity index (χ0v) is 18.7. The number of pyridine rings is 2. The number of aromatic nitrogens is 2. The fourth-order valence-corrected chi connectivity index (χ4v) is 4.07. The van der Waals surface area contributed by atoms with Crippen LogP contribution in [0.4, 0.5) is 5.82 Å². The van der Waals surface area contributed by atoms with Gasteiger partial charge in [0.25, 0.3) is 0 Å². The lowest BCUT2D eigenvalue weighted by Gasteiger charge is -2.24. The van der Waals surface area contributed by atoms with Crippen LogP contribution in [-0.2, 0) is 0 Å². The first-order chi connectivity index (χ1) is 14.4. The lowest BCUT2D eigenvalue weighted by Crippen LogP contribution is -2.15. The Balaban J connectivity index is 1.92. The summed E-state index contributed by atoms with van der Waals surface area (Å²) in [5, 5.41) is 16.7. The second kappa shape index (κ2) is 8.48. The standard InChI is InChI=1S/C22H15Cl4N3O/c1-11-16(24)10-17(25)22(28-11)29-20(13-5-2-6-15(23)18(13)26)14-8-7-12-4-3-9-27-19(12)21(14)30/h2-10,20,30H,1H3,(H,28,29). The van der Waals surface area contributed by atoms with Crippen molar-refractivity contribution in [3.63, 3.8) is 0 Å². The Labute approximate surface area is 193 Å². The van der Waals surface area contributed by atoms with Gasteiger partial charge in [0.05, 0.1) is 31.8 Å². The van der Waals surface area contributed by atoms with E-state index in [2.05, 4.69) is 15.3 Å². The van der Waals surface area contributed by atoms with Crippen LogP contribution in [0.15, 0.2) is 54.7 Å². The van der Waals surface area contributed by atoms with Crippen molar-refractivity contribution in [1.29, 1.82) is 0 Å². The Morgan fingerprint density at radius 2 is 1.70 bits per heavy atom. The van der Waals surface area contributed by atoms with Crippen LogP contribution in [0.2, 0.25) is 20.1 Å². The summed E-state index contributed by atoms with van der Waals surface area (Å²) in [6.45, 7) is 1.78. The molecule has 1 atom stereocenters. The number of hydrogen-bond donors (Lipinski definition) is 2. The van der Waals surface area contributed by atoms with Crippen molar-refractivity contribution >= 4 is 63.1 Å². The lowest BCUT2D eigenvalue weighted by atomic mass is 9.96. The van der Waals surface area contributed by atoms with Gasteiger partial charge in [-0.1, -0.05) is 76.7 Å². The number of aryl methyl sites for hydroxylation is 1. The van der Waals surface area contributed by atoms with Gasteiger partial charge in [0.2, 0.25) is 0 Å². The van der Waals surface area contributed by atoms with Gasteiger partial charge in [-0.25, -0.2) is 4.98 Å². The van der Waals surface area contributed by atoms with Crippen LogP contribution in [0.25, 0.3) is 10.9 Å². The fraction of sp³-hybridized carbons (Fsp3) is 0.0909. The highest BCUT2D eigenvalue weighted by molar-refractivity contribution is 6.42. The highest BCUT2D eigenvalue weighted by atomic mass is 35.5. The van der Waals surface area contributed by atoms with Gasteiger partial charge in [0, 0.05) is 17.1 Å². The van der Waals surface area contributed by atoms with E-state index in [-0.39, 0.29) is 5.75 Å². The molecule has 0 saturated carbocycles. The molecule has 4 aromatic rings. The zero-order valence-electron chi connectivity index (χ0n) is 15.6. The first-order valence-electron chi connectivity index (χ1n) is 8.96. The maximum absolute atomic E-state index is 11.0. The molecule has 4 rings (SSSR count). The second-order valence-electron chi connectivity index (χ2n) is 6.68. The molecule has 2 N–H and O–H groups in total. The number of halogens is 4. The third-order valence-corrected chi connectivity index (χ3v) is 6.27. The van der Waals surface area contributed by atoms with Crippen molar-refractivity contribution in [2.45, 2.75) is 13.0 Å². The third-order valence-electron chi connectivity index (χ3n) is 4.77. The minimum absolute atomic E-state index is 0.0310. The number of benzene rings is 2. The predicted molar refractivity (Wildman–Crippen MR) is 124 cm³/mol. The van der Waals surface area contributed by atoms with Gasteiger partial charge in [-0.05, 0) is 30.7 Å². The van der Waals surface area contributed by atoms with E-state index >= 15 is 0 Å². The van der Waals surface area contributed by atoms with Crippen LogP contribution in [0.1, 0.15) is 22.9 Å². The molecule has 2 heterocycles. The van der Waals surface area contributed by atoms with Crippen LogP contribution in [0, 0.1) is 6.92 Å². The van der Waals surface area contributed by atoms with E-state index in [9.17, 15) is 5.11 Å². The number of nitrogens with zero attached hydrogens (tertiary/aromatic N) is 2. The maximum Gasteiger partial charge on any atom is 0.147 e. The first kappa shape index (κ1) is 21.0. The molecule has 0 saturated heterocycles. The molecular formula is C22H15Cl4N3O. The molecule has 0 aliphatic rings. The number of phenols is 1. The Kier molecular flexibility index (Phi) is 5.94. The van der Waals surface area contributed by atoms with Crippen LogP contribution < -0.4 is 5.32 Å². The van der Waals surface area contributed by atoms with Crippen molar-refractivity contribution < 1.29 is 5.11 Å². The van der Waals surface area contributed by atoms with Crippen molar-refractivity contribution in [2.75, 3.05) is 5.32 Å². The average Bonchev–Trinajstić information content (AvgIpc) is 2.73. The number of aromatic hydroxyl groups is 1. The number of anilines is 1. The maximum atomic E-state index is 11.0. The van der Waals surface area contributed by atoms with Crippen LogP contribution in [0.5, 0.6) is 5.75 Å². The summed E-state index contributed by atoms with van der Waals surface area (Å²) in [5.41, 5.74) is 2.30. The first-order valence-corrected chi connectivity index (χ1v) is 10.5. The molecule has 8 heteroatoms. The van der Waals surface area contributed by atoms with E-state index in [4.69, 9.17) is 46.4 Å². The highest BCUT2D eigenvalue weighted by Crippen LogP contribution is 2.41. The summed E-state index contributed by atoms with van der Waals surface area (Å²) in [4.78, 5) is 8.77. The highest BCUT2D eigenvalue weighted by Gasteiger charge is 2.24. The molecule has 0 amide bonds. The topological polar surface area (TPSA) is 58.0 Å². The molecule has 2 aromatic heterocycles. The summed E-state index contributed by atoms with van der Waals surface area (Å²) in [7, 11) is 0. The molecule has 152 valence electrons. The Bertz CT molecular complexity index is 1260. The van der Waals surface area contributed by atoms with Crippen LogP contribution >= 0.6 is 46.4 Å². The van der Waals surface area contributed by atoms with Crippen molar-refractivity contribution in [2.24, 2.45) is 0 Å². The average molecular weight is 479 g/mol. The molecule has 0 spiro atoms. The fourth-order valence-electron chi connectivity index (χ4n) is 3.24. The van der Waals surface area contributed by atoms with Gasteiger partial charge in [-0.3, -0.25) is 4.98 Å². The summed E-state index contributed by atoms with van der Waals surface area (Å²) in [6, 6.07) is 13.7. The molecule has 30 heavy (non-hydrogen) atoms. The summed E-state index contributed by atoms with van der Waals surface area (Å²) in [6.07, 6.45) is 1.63. The van der Waals surface area contributed by atoms with Gasteiger partial charge >= 0.3 is 0 Å². The van der Waals surface area contributed by atoms with Crippen LogP contribution in [0.3, 0.4) is 0 Å². The third kappa shape index (κ3) is 3.88. The van der Waals surface area contributed by atoms with E-state index in [0.717, 1.165) is 5.39 Å². The molecule has 0 radical (unpaired) electrons. The molecule has 1 unspecified atom stereocenters. The van der Waals surface area contributed by atoms with Crippen molar-refractivity contribution in [3.8, 4) is 5.75 Å². The SMILES string of the molecule is Cc1nc(NC(c2cccc(Cl)c2Cl)c2ccc3cccnc3c2O)c(Cl)cc1Cl. The number of fused-ring (bicyclic) bond motifs is 1. The predicted octanol–water partition coefficient (Wildman–Crippen LogP) is 7.46. The van der Waals surface area contributed by atoms with Gasteiger partial charge < -0.3 is 10.4 Å². The van der Waals surface area contributed by atoms with Crippen molar-refractivity contribution in [3.05, 3.63) is 91.6 Å². The van der Waals surface area contributed by atoms with E-state index < -0.39 is 6.04 Å². The van der Waals surface area contributed by atoms with Gasteiger partial charge in [-0.15, -0.1) is 0 Å². The Morgan fingerprint density at radius 1 is 0.900 bits per heavy atom. The van der Waals surface area contributed by atoms with E-state index in [1.165, 1.54) is 0 Å². The summed E-state index contributed by atoms with van der Waals surface area (Å²) >= 11 is 25.3. The number of hydrogen-bond acceptors (Lipinski definition) is 4. The van der Waals surface area contributed by atoms with Gasteiger partial charge in [-0.2, -0.15) is 0 Å².